The van der Waals surface area contributed by atoms with E-state index in [9.17, 15) is 0 Å². The van der Waals surface area contributed by atoms with Crippen LogP contribution in [0.5, 0.6) is 0 Å². The number of fused-ring (bicyclic) bond motifs is 3. The number of benzene rings is 2. The molecule has 0 radical (unpaired) electrons. The van der Waals surface area contributed by atoms with Gasteiger partial charge in [0.1, 0.15) is 0 Å². The van der Waals surface area contributed by atoms with Crippen LogP contribution in [0.25, 0.3) is 25.7 Å². The Morgan fingerprint density at radius 2 is 1.81 bits per heavy atom. The number of rotatable bonds is 1. The Balaban J connectivity index is 2.13. The molecule has 0 saturated heterocycles. The Morgan fingerprint density at radius 3 is 2.67 bits per heavy atom. The zero-order valence-corrected chi connectivity index (χ0v) is 13.3. The number of hydrogen-bond donors (Lipinski definition) is 0. The summed E-state index contributed by atoms with van der Waals surface area (Å²) < 4.78 is 2.83. The van der Waals surface area contributed by atoms with Crippen LogP contribution in [0.1, 0.15) is 30.9 Å². The molecule has 1 aliphatic rings. The van der Waals surface area contributed by atoms with Crippen LogP contribution in [0.2, 0.25) is 0 Å². The van der Waals surface area contributed by atoms with Gasteiger partial charge in [-0.15, -0.1) is 11.3 Å². The molecule has 0 saturated carbocycles. The summed E-state index contributed by atoms with van der Waals surface area (Å²) in [7, 11) is 0. The van der Waals surface area contributed by atoms with Crippen molar-refractivity contribution >= 4 is 37.1 Å². The maximum Gasteiger partial charge on any atom is 0.0436 e. The Bertz CT molecular complexity index is 906. The van der Waals surface area contributed by atoms with E-state index in [0.717, 1.165) is 0 Å². The average molecular weight is 290 g/mol. The second-order valence-corrected chi connectivity index (χ2v) is 6.92. The fraction of sp³-hybridized carbons (Fsp3) is 0.200. The van der Waals surface area contributed by atoms with Crippen molar-refractivity contribution in [3.63, 3.8) is 0 Å². The highest BCUT2D eigenvalue weighted by Gasteiger charge is 2.15. The standard InChI is InChI=1S/C20H18S/c1-13-7-3-4-8-15(13)19-14(2)11-12-17-16-9-5-6-10-18(16)21-20(17)19/h4-6,8-12H,3,7H2,1-2H3. The lowest BCUT2D eigenvalue weighted by atomic mass is 9.90. The molecule has 1 aliphatic carbocycles. The maximum atomic E-state index is 2.32. The lowest BCUT2D eigenvalue weighted by Crippen LogP contribution is -1.94. The molecule has 1 heterocycles. The average Bonchev–Trinajstić information content (AvgIpc) is 2.87. The first-order valence-electron chi connectivity index (χ1n) is 7.53. The van der Waals surface area contributed by atoms with Crippen molar-refractivity contribution in [1.29, 1.82) is 0 Å². The van der Waals surface area contributed by atoms with Gasteiger partial charge in [0.15, 0.2) is 0 Å². The van der Waals surface area contributed by atoms with E-state index in [1.54, 1.807) is 0 Å². The van der Waals surface area contributed by atoms with Crippen molar-refractivity contribution in [2.24, 2.45) is 0 Å². The number of aryl methyl sites for hydroxylation is 1. The second kappa shape index (κ2) is 4.85. The molecular formula is C20H18S. The molecule has 1 heteroatoms. The monoisotopic (exact) mass is 290 g/mol. The summed E-state index contributed by atoms with van der Waals surface area (Å²) in [6.45, 7) is 4.52. The van der Waals surface area contributed by atoms with E-state index in [1.807, 2.05) is 11.3 Å². The zero-order chi connectivity index (χ0) is 14.4. The van der Waals surface area contributed by atoms with E-state index in [4.69, 9.17) is 0 Å². The van der Waals surface area contributed by atoms with E-state index in [0.29, 0.717) is 0 Å². The third kappa shape index (κ3) is 1.96. The summed E-state index contributed by atoms with van der Waals surface area (Å²) in [4.78, 5) is 0. The highest BCUT2D eigenvalue weighted by atomic mass is 32.1. The van der Waals surface area contributed by atoms with Crippen molar-refractivity contribution < 1.29 is 0 Å². The Kier molecular flexibility index (Phi) is 2.97. The van der Waals surface area contributed by atoms with E-state index < -0.39 is 0 Å². The first-order chi connectivity index (χ1) is 10.3. The number of thiophene rings is 1. The molecule has 104 valence electrons. The molecule has 3 aromatic rings. The van der Waals surface area contributed by atoms with Gasteiger partial charge >= 0.3 is 0 Å². The molecular weight excluding hydrogens is 272 g/mol. The van der Waals surface area contributed by atoms with Crippen LogP contribution in [0.3, 0.4) is 0 Å². The van der Waals surface area contributed by atoms with Crippen LogP contribution in [0.15, 0.2) is 54.1 Å². The molecule has 0 unspecified atom stereocenters. The van der Waals surface area contributed by atoms with Crippen LogP contribution in [0.4, 0.5) is 0 Å². The molecule has 2 aromatic carbocycles. The smallest absolute Gasteiger partial charge is 0.0436 e. The molecule has 1 aromatic heterocycles. The third-order valence-corrected chi connectivity index (χ3v) is 5.66. The van der Waals surface area contributed by atoms with E-state index in [1.165, 1.54) is 55.3 Å². The first kappa shape index (κ1) is 12.8. The molecule has 0 aliphatic heterocycles. The third-order valence-electron chi connectivity index (χ3n) is 4.45. The Labute approximate surface area is 129 Å². The van der Waals surface area contributed by atoms with Gasteiger partial charge in [0.05, 0.1) is 0 Å². The van der Waals surface area contributed by atoms with Crippen molar-refractivity contribution in [2.45, 2.75) is 26.7 Å². The van der Waals surface area contributed by atoms with Crippen molar-refractivity contribution in [3.05, 3.63) is 65.3 Å². The minimum atomic E-state index is 1.18. The predicted octanol–water partition coefficient (Wildman–Crippen LogP) is 6.49. The molecule has 4 rings (SSSR count). The summed E-state index contributed by atoms with van der Waals surface area (Å²) in [6.07, 6.45) is 7.00. The van der Waals surface area contributed by atoms with Gasteiger partial charge in [0.25, 0.3) is 0 Å². The van der Waals surface area contributed by atoms with Crippen LogP contribution in [-0.2, 0) is 0 Å². The van der Waals surface area contributed by atoms with Crippen LogP contribution in [-0.4, -0.2) is 0 Å². The van der Waals surface area contributed by atoms with Crippen molar-refractivity contribution in [2.75, 3.05) is 0 Å². The van der Waals surface area contributed by atoms with Gasteiger partial charge in [-0.25, -0.2) is 0 Å². The summed E-state index contributed by atoms with van der Waals surface area (Å²) in [5.74, 6) is 0. The summed E-state index contributed by atoms with van der Waals surface area (Å²) in [5, 5.41) is 2.78. The molecule has 0 atom stereocenters. The SMILES string of the molecule is CC1=C(c2c(C)ccc3c2sc2ccccc23)C=CCC1. The van der Waals surface area contributed by atoms with Gasteiger partial charge in [-0.1, -0.05) is 48.1 Å². The van der Waals surface area contributed by atoms with Gasteiger partial charge in [0, 0.05) is 25.7 Å². The minimum absolute atomic E-state index is 1.18. The molecule has 0 nitrogen and oxygen atoms in total. The lowest BCUT2D eigenvalue weighted by Gasteiger charge is -2.16. The Morgan fingerprint density at radius 1 is 0.952 bits per heavy atom. The molecule has 21 heavy (non-hydrogen) atoms. The fourth-order valence-corrected chi connectivity index (χ4v) is 4.61. The lowest BCUT2D eigenvalue weighted by molar-refractivity contribution is 0.967. The van der Waals surface area contributed by atoms with Crippen molar-refractivity contribution in [1.82, 2.24) is 0 Å². The van der Waals surface area contributed by atoms with Gasteiger partial charge < -0.3 is 0 Å². The van der Waals surface area contributed by atoms with Gasteiger partial charge in [-0.2, -0.15) is 0 Å². The highest BCUT2D eigenvalue weighted by Crippen LogP contribution is 2.41. The highest BCUT2D eigenvalue weighted by molar-refractivity contribution is 7.26. The fourth-order valence-electron chi connectivity index (χ4n) is 3.30. The topological polar surface area (TPSA) is 0 Å². The maximum absolute atomic E-state index is 2.32. The predicted molar refractivity (Wildman–Crippen MR) is 95.0 cm³/mol. The van der Waals surface area contributed by atoms with Crippen LogP contribution >= 0.6 is 11.3 Å². The summed E-state index contributed by atoms with van der Waals surface area (Å²) >= 11 is 1.93. The van der Waals surface area contributed by atoms with E-state index >= 15 is 0 Å². The van der Waals surface area contributed by atoms with E-state index in [2.05, 4.69) is 62.4 Å². The van der Waals surface area contributed by atoms with E-state index in [-0.39, 0.29) is 0 Å². The molecule has 0 amide bonds. The molecule has 0 bridgehead atoms. The van der Waals surface area contributed by atoms with Crippen LogP contribution in [0, 0.1) is 6.92 Å². The number of allylic oxidation sites excluding steroid dienone is 4. The van der Waals surface area contributed by atoms with Gasteiger partial charge in [-0.3, -0.25) is 0 Å². The van der Waals surface area contributed by atoms with Crippen molar-refractivity contribution in [3.8, 4) is 0 Å². The Hall–Kier alpha value is -1.86. The van der Waals surface area contributed by atoms with Gasteiger partial charge in [0.2, 0.25) is 0 Å². The first-order valence-corrected chi connectivity index (χ1v) is 8.35. The number of hydrogen-bond acceptors (Lipinski definition) is 1. The molecule has 0 fully saturated rings. The normalized spacial score (nSPS) is 15.3. The molecule has 0 spiro atoms. The molecule has 0 N–H and O–H groups in total. The second-order valence-electron chi connectivity index (χ2n) is 5.87. The summed E-state index contributed by atoms with van der Waals surface area (Å²) in [5.41, 5.74) is 5.79. The largest absolute Gasteiger partial charge is 0.135 e. The van der Waals surface area contributed by atoms with Gasteiger partial charge in [-0.05, 0) is 43.9 Å². The van der Waals surface area contributed by atoms with Crippen LogP contribution < -0.4 is 0 Å². The minimum Gasteiger partial charge on any atom is -0.135 e. The zero-order valence-electron chi connectivity index (χ0n) is 12.4. The summed E-state index contributed by atoms with van der Waals surface area (Å²) in [6, 6.07) is 13.3. The quantitative estimate of drug-likeness (QED) is 0.480.